The van der Waals surface area contributed by atoms with Crippen molar-refractivity contribution >= 4 is 17.8 Å². The van der Waals surface area contributed by atoms with E-state index < -0.39 is 0 Å². The zero-order valence-electron chi connectivity index (χ0n) is 14.1. The van der Waals surface area contributed by atoms with Crippen LogP contribution in [0.4, 0.5) is 4.79 Å². The second-order valence-electron chi connectivity index (χ2n) is 6.56. The lowest BCUT2D eigenvalue weighted by Crippen LogP contribution is -2.36. The van der Waals surface area contributed by atoms with Crippen LogP contribution in [0.1, 0.15) is 22.9 Å². The normalized spacial score (nSPS) is 25.3. The van der Waals surface area contributed by atoms with E-state index >= 15 is 0 Å². The third-order valence-corrected chi connectivity index (χ3v) is 6.38. The molecule has 2 fully saturated rings. The molecule has 2 aliphatic rings. The molecule has 128 valence electrons. The Kier molecular flexibility index (Phi) is 4.53. The fraction of sp³-hybridized carbons (Fsp3) is 0.286. The first-order chi connectivity index (χ1) is 12.3. The van der Waals surface area contributed by atoms with Crippen molar-refractivity contribution in [3.8, 4) is 0 Å². The molecular formula is C21H22N2OS. The van der Waals surface area contributed by atoms with Gasteiger partial charge in [-0.25, -0.2) is 4.79 Å². The molecule has 3 nitrogen and oxygen atoms in total. The van der Waals surface area contributed by atoms with E-state index in [2.05, 4.69) is 35.7 Å². The summed E-state index contributed by atoms with van der Waals surface area (Å²) in [6.07, 6.45) is 2.78. The molecule has 0 aromatic heterocycles. The number of carbonyl (C=O) groups excluding carboxylic acids is 1. The largest absolute Gasteiger partial charge is 0.322 e. The molecule has 2 aromatic carbocycles. The van der Waals surface area contributed by atoms with Gasteiger partial charge in [0.15, 0.2) is 0 Å². The highest BCUT2D eigenvalue weighted by molar-refractivity contribution is 7.99. The summed E-state index contributed by atoms with van der Waals surface area (Å²) in [7, 11) is 0. The van der Waals surface area contributed by atoms with Crippen molar-refractivity contribution in [1.29, 1.82) is 0 Å². The smallest absolute Gasteiger partial charge is 0.315 e. The molecule has 0 spiro atoms. The number of urea groups is 1. The maximum atomic E-state index is 13.3. The zero-order chi connectivity index (χ0) is 17.2. The van der Waals surface area contributed by atoms with E-state index in [-0.39, 0.29) is 23.5 Å². The molecule has 0 radical (unpaired) electrons. The van der Waals surface area contributed by atoms with Crippen LogP contribution in [0.25, 0.3) is 0 Å². The number of hydrogen-bond acceptors (Lipinski definition) is 2. The Hall–Kier alpha value is -2.20. The van der Waals surface area contributed by atoms with Crippen molar-refractivity contribution in [3.05, 3.63) is 84.4 Å². The summed E-state index contributed by atoms with van der Waals surface area (Å²) in [6, 6.07) is 21.2. The van der Waals surface area contributed by atoms with Crippen LogP contribution in [0, 0.1) is 0 Å². The van der Waals surface area contributed by atoms with Crippen LogP contribution in [0.15, 0.2) is 73.3 Å². The summed E-state index contributed by atoms with van der Waals surface area (Å²) in [5, 5.41) is 0.117. The van der Waals surface area contributed by atoms with Gasteiger partial charge in [0, 0.05) is 12.3 Å². The maximum Gasteiger partial charge on any atom is 0.322 e. The lowest BCUT2D eigenvalue weighted by molar-refractivity contribution is 0.181. The molecule has 3 atom stereocenters. The van der Waals surface area contributed by atoms with Crippen LogP contribution in [-0.2, 0) is 6.54 Å². The molecule has 2 saturated heterocycles. The lowest BCUT2D eigenvalue weighted by atomic mass is 10.0. The van der Waals surface area contributed by atoms with Crippen LogP contribution < -0.4 is 0 Å². The average molecular weight is 350 g/mol. The van der Waals surface area contributed by atoms with E-state index in [1.807, 2.05) is 59.1 Å². The summed E-state index contributed by atoms with van der Waals surface area (Å²) < 4.78 is 0. The number of nitrogens with zero attached hydrogens (tertiary/aromatic N) is 2. The predicted molar refractivity (Wildman–Crippen MR) is 103 cm³/mol. The van der Waals surface area contributed by atoms with Crippen molar-refractivity contribution in [2.24, 2.45) is 0 Å². The van der Waals surface area contributed by atoms with Gasteiger partial charge < -0.3 is 9.80 Å². The summed E-state index contributed by atoms with van der Waals surface area (Å²) in [4.78, 5) is 17.4. The third-order valence-electron chi connectivity index (χ3n) is 5.03. The van der Waals surface area contributed by atoms with Gasteiger partial charge in [0.2, 0.25) is 0 Å². The van der Waals surface area contributed by atoms with Crippen molar-refractivity contribution in [1.82, 2.24) is 9.80 Å². The van der Waals surface area contributed by atoms with Gasteiger partial charge >= 0.3 is 6.03 Å². The molecule has 2 amide bonds. The number of benzene rings is 2. The number of rotatable bonds is 5. The Bertz CT molecular complexity index is 749. The average Bonchev–Trinajstić information content (AvgIpc) is 3.19. The number of thioether (sulfide) groups is 1. The van der Waals surface area contributed by atoms with Gasteiger partial charge in [-0.05, 0) is 17.5 Å². The first-order valence-corrected chi connectivity index (χ1v) is 9.75. The SMILES string of the molecule is C=CC[C@H]1[C@@H]2CS[C@@H](c3ccccc3)N2C(=O)N1Cc1ccccc1. The minimum absolute atomic E-state index is 0.117. The van der Waals surface area contributed by atoms with Crippen LogP contribution in [-0.4, -0.2) is 33.7 Å². The highest BCUT2D eigenvalue weighted by Gasteiger charge is 2.51. The number of amides is 2. The Morgan fingerprint density at radius 2 is 1.76 bits per heavy atom. The van der Waals surface area contributed by atoms with Crippen LogP contribution >= 0.6 is 11.8 Å². The molecule has 25 heavy (non-hydrogen) atoms. The summed E-state index contributed by atoms with van der Waals surface area (Å²) in [5.41, 5.74) is 2.39. The Labute approximate surface area is 153 Å². The van der Waals surface area contributed by atoms with E-state index in [1.54, 1.807) is 0 Å². The Balaban J connectivity index is 1.63. The van der Waals surface area contributed by atoms with Gasteiger partial charge in [0.25, 0.3) is 0 Å². The lowest BCUT2D eigenvalue weighted by Gasteiger charge is -2.25. The van der Waals surface area contributed by atoms with Crippen LogP contribution in [0.2, 0.25) is 0 Å². The fourth-order valence-electron chi connectivity index (χ4n) is 3.86. The number of hydrogen-bond donors (Lipinski definition) is 0. The minimum atomic E-state index is 0.117. The second-order valence-corrected chi connectivity index (χ2v) is 7.67. The molecule has 2 aromatic rings. The van der Waals surface area contributed by atoms with Crippen molar-refractivity contribution in [2.75, 3.05) is 5.75 Å². The van der Waals surface area contributed by atoms with Gasteiger partial charge in [0.1, 0.15) is 5.37 Å². The predicted octanol–water partition coefficient (Wildman–Crippen LogP) is 4.68. The van der Waals surface area contributed by atoms with Crippen LogP contribution in [0.5, 0.6) is 0 Å². The Morgan fingerprint density at radius 1 is 1.08 bits per heavy atom. The van der Waals surface area contributed by atoms with E-state index in [0.717, 1.165) is 12.2 Å². The monoisotopic (exact) mass is 350 g/mol. The summed E-state index contributed by atoms with van der Waals surface area (Å²) in [6.45, 7) is 4.58. The van der Waals surface area contributed by atoms with Crippen molar-refractivity contribution in [2.45, 2.75) is 30.4 Å². The van der Waals surface area contributed by atoms with E-state index in [9.17, 15) is 4.79 Å². The molecule has 4 heteroatoms. The van der Waals surface area contributed by atoms with Gasteiger partial charge in [-0.15, -0.1) is 18.3 Å². The van der Waals surface area contributed by atoms with Gasteiger partial charge in [-0.1, -0.05) is 66.7 Å². The highest BCUT2D eigenvalue weighted by Crippen LogP contribution is 2.47. The molecule has 2 heterocycles. The zero-order valence-corrected chi connectivity index (χ0v) is 14.9. The van der Waals surface area contributed by atoms with Gasteiger partial charge in [0.05, 0.1) is 12.1 Å². The Morgan fingerprint density at radius 3 is 2.44 bits per heavy atom. The van der Waals surface area contributed by atoms with Crippen molar-refractivity contribution < 1.29 is 4.79 Å². The summed E-state index contributed by atoms with van der Waals surface area (Å²) in [5.74, 6) is 0.981. The molecule has 0 N–H and O–H groups in total. The first kappa shape index (κ1) is 16.3. The highest BCUT2D eigenvalue weighted by atomic mass is 32.2. The molecular weight excluding hydrogens is 328 g/mol. The standard InChI is InChI=1S/C21H22N2OS/c1-2-9-18-19-15-25-20(17-12-7-4-8-13-17)23(19)21(24)22(18)14-16-10-5-3-6-11-16/h2-8,10-13,18-20H,1,9,14-15H2/t18-,19-,20-/m0/s1. The summed E-state index contributed by atoms with van der Waals surface area (Å²) >= 11 is 1.87. The third kappa shape index (κ3) is 2.95. The minimum Gasteiger partial charge on any atom is -0.315 e. The number of carbonyl (C=O) groups is 1. The van der Waals surface area contributed by atoms with E-state index in [1.165, 1.54) is 11.1 Å². The van der Waals surface area contributed by atoms with Gasteiger partial charge in [-0.2, -0.15) is 0 Å². The quantitative estimate of drug-likeness (QED) is 0.731. The molecule has 0 bridgehead atoms. The number of fused-ring (bicyclic) bond motifs is 1. The fourth-order valence-corrected chi connectivity index (χ4v) is 5.37. The van der Waals surface area contributed by atoms with Gasteiger partial charge in [-0.3, -0.25) is 0 Å². The molecule has 0 aliphatic carbocycles. The second kappa shape index (κ2) is 6.96. The molecule has 0 saturated carbocycles. The molecule has 0 unspecified atom stereocenters. The molecule has 2 aliphatic heterocycles. The van der Waals surface area contributed by atoms with Crippen molar-refractivity contribution in [3.63, 3.8) is 0 Å². The molecule has 4 rings (SSSR count). The van der Waals surface area contributed by atoms with E-state index in [0.29, 0.717) is 6.54 Å². The maximum absolute atomic E-state index is 13.3. The van der Waals surface area contributed by atoms with E-state index in [4.69, 9.17) is 0 Å². The first-order valence-electron chi connectivity index (χ1n) is 8.70. The topological polar surface area (TPSA) is 23.6 Å². The van der Waals surface area contributed by atoms with Crippen LogP contribution in [0.3, 0.4) is 0 Å².